The molecule has 0 heterocycles. The molecule has 0 fully saturated rings. The predicted octanol–water partition coefficient (Wildman–Crippen LogP) is 2.08. The zero-order chi connectivity index (χ0) is 14.3. The number of carbonyl (C=O) groups excluding carboxylic acids is 1. The maximum absolute atomic E-state index is 12.2. The van der Waals surface area contributed by atoms with Crippen LogP contribution in [0.5, 0.6) is 0 Å². The van der Waals surface area contributed by atoms with E-state index in [9.17, 15) is 4.79 Å². The van der Waals surface area contributed by atoms with Gasteiger partial charge in [-0.2, -0.15) is 0 Å². The van der Waals surface area contributed by atoms with Gasteiger partial charge in [0.1, 0.15) is 0 Å². The Morgan fingerprint density at radius 3 is 2.58 bits per heavy atom. The number of carbonyl (C=O) groups is 1. The topological polar surface area (TPSA) is 46.3 Å². The Bertz CT molecular complexity index is 445. The van der Waals surface area contributed by atoms with Crippen molar-refractivity contribution in [3.05, 3.63) is 35.4 Å². The molecule has 0 aliphatic heterocycles. The minimum atomic E-state index is -0.595. The second-order valence-corrected chi connectivity index (χ2v) is 4.76. The molecule has 2 N–H and O–H groups in total. The van der Waals surface area contributed by atoms with Gasteiger partial charge in [-0.3, -0.25) is 4.79 Å². The van der Waals surface area contributed by atoms with Gasteiger partial charge in [0.2, 0.25) is 5.91 Å². The van der Waals surface area contributed by atoms with Gasteiger partial charge in [0.05, 0.1) is 6.04 Å². The van der Waals surface area contributed by atoms with Crippen molar-refractivity contribution in [1.29, 1.82) is 0 Å². The summed E-state index contributed by atoms with van der Waals surface area (Å²) in [6, 6.07) is 7.58. The lowest BCUT2D eigenvalue weighted by molar-refractivity contribution is -0.133. The summed E-state index contributed by atoms with van der Waals surface area (Å²) in [4.78, 5) is 14.0. The largest absolute Gasteiger partial charge is 0.337 e. The Kier molecular flexibility index (Phi) is 6.11. The maximum atomic E-state index is 12.2. The van der Waals surface area contributed by atoms with Crippen LogP contribution in [0.4, 0.5) is 0 Å². The highest BCUT2D eigenvalue weighted by Crippen LogP contribution is 2.09. The number of aryl methyl sites for hydroxylation is 1. The molecule has 1 unspecified atom stereocenters. The van der Waals surface area contributed by atoms with Gasteiger partial charge in [0.25, 0.3) is 0 Å². The minimum absolute atomic E-state index is 0.0691. The number of terminal acetylenes is 1. The molecule has 0 radical (unpaired) electrons. The van der Waals surface area contributed by atoms with E-state index in [1.54, 1.807) is 4.90 Å². The lowest BCUT2D eigenvalue weighted by Gasteiger charge is -2.25. The van der Waals surface area contributed by atoms with E-state index in [-0.39, 0.29) is 12.3 Å². The fourth-order valence-corrected chi connectivity index (χ4v) is 1.90. The second kappa shape index (κ2) is 7.60. The van der Waals surface area contributed by atoms with Gasteiger partial charge in [0.15, 0.2) is 0 Å². The Balaban J connectivity index is 2.74. The fraction of sp³-hybridized carbons (Fsp3) is 0.438. The first-order valence-corrected chi connectivity index (χ1v) is 6.61. The van der Waals surface area contributed by atoms with E-state index < -0.39 is 6.04 Å². The van der Waals surface area contributed by atoms with E-state index in [1.165, 1.54) is 5.56 Å². The van der Waals surface area contributed by atoms with E-state index in [0.29, 0.717) is 13.1 Å². The van der Waals surface area contributed by atoms with Gasteiger partial charge in [-0.15, -0.1) is 12.3 Å². The molecule has 0 spiro atoms. The molecule has 0 aromatic heterocycles. The summed E-state index contributed by atoms with van der Waals surface area (Å²) in [6.45, 7) is 5.37. The Morgan fingerprint density at radius 1 is 1.42 bits per heavy atom. The fourth-order valence-electron chi connectivity index (χ4n) is 1.90. The maximum Gasteiger partial charge on any atom is 0.240 e. The first-order valence-electron chi connectivity index (χ1n) is 6.61. The van der Waals surface area contributed by atoms with Crippen molar-refractivity contribution in [3.63, 3.8) is 0 Å². The molecule has 0 aliphatic rings. The second-order valence-electron chi connectivity index (χ2n) is 4.76. The summed E-state index contributed by atoms with van der Waals surface area (Å²) < 4.78 is 0. The van der Waals surface area contributed by atoms with Crippen LogP contribution < -0.4 is 5.73 Å². The van der Waals surface area contributed by atoms with Crippen LogP contribution in [0.1, 0.15) is 30.9 Å². The highest BCUT2D eigenvalue weighted by molar-refractivity contribution is 5.82. The monoisotopic (exact) mass is 258 g/mol. The number of nitrogens with zero attached hydrogens (tertiary/aromatic N) is 1. The van der Waals surface area contributed by atoms with Crippen molar-refractivity contribution in [2.45, 2.75) is 39.3 Å². The smallest absolute Gasteiger partial charge is 0.240 e. The number of amides is 1. The van der Waals surface area contributed by atoms with Crippen molar-refractivity contribution >= 4 is 5.91 Å². The average Bonchev–Trinajstić information content (AvgIpc) is 2.40. The Labute approximate surface area is 115 Å². The van der Waals surface area contributed by atoms with Crippen molar-refractivity contribution in [2.24, 2.45) is 5.73 Å². The molecule has 0 saturated carbocycles. The van der Waals surface area contributed by atoms with Gasteiger partial charge in [0, 0.05) is 19.5 Å². The molecule has 0 bridgehead atoms. The van der Waals surface area contributed by atoms with Crippen molar-refractivity contribution in [1.82, 2.24) is 4.90 Å². The number of rotatable bonds is 6. The standard InChI is InChI=1S/C16H22N2O/c1-4-6-15(17)16(19)18(11-5-2)12-14-9-7-13(3)8-10-14/h1,7-10,15H,5-6,11-12,17H2,2-3H3. The number of nitrogens with two attached hydrogens (primary N) is 1. The molecule has 102 valence electrons. The molecule has 1 atom stereocenters. The summed E-state index contributed by atoms with van der Waals surface area (Å²) >= 11 is 0. The third-order valence-corrected chi connectivity index (χ3v) is 2.95. The summed E-state index contributed by atoms with van der Waals surface area (Å²) in [7, 11) is 0. The summed E-state index contributed by atoms with van der Waals surface area (Å²) in [5.74, 6) is 2.38. The first-order chi connectivity index (χ1) is 9.08. The number of hydrogen-bond acceptors (Lipinski definition) is 2. The van der Waals surface area contributed by atoms with Crippen molar-refractivity contribution < 1.29 is 4.79 Å². The molecule has 19 heavy (non-hydrogen) atoms. The van der Waals surface area contributed by atoms with Crippen LogP contribution in [-0.2, 0) is 11.3 Å². The van der Waals surface area contributed by atoms with E-state index in [1.807, 2.05) is 38.1 Å². The molecule has 3 heteroatoms. The lowest BCUT2D eigenvalue weighted by Crippen LogP contribution is -2.43. The molecule has 1 amide bonds. The van der Waals surface area contributed by atoms with Gasteiger partial charge in [-0.25, -0.2) is 0 Å². The molecular weight excluding hydrogens is 236 g/mol. The SMILES string of the molecule is C#CCC(N)C(=O)N(CCC)Cc1ccc(C)cc1. The quantitative estimate of drug-likeness (QED) is 0.794. The third-order valence-electron chi connectivity index (χ3n) is 2.95. The highest BCUT2D eigenvalue weighted by Gasteiger charge is 2.19. The van der Waals surface area contributed by atoms with Gasteiger partial charge in [-0.05, 0) is 18.9 Å². The van der Waals surface area contributed by atoms with E-state index in [2.05, 4.69) is 5.92 Å². The Morgan fingerprint density at radius 2 is 2.05 bits per heavy atom. The Hall–Kier alpha value is -1.79. The van der Waals surface area contributed by atoms with Crippen LogP contribution in [0, 0.1) is 19.3 Å². The van der Waals surface area contributed by atoms with Gasteiger partial charge >= 0.3 is 0 Å². The minimum Gasteiger partial charge on any atom is -0.337 e. The highest BCUT2D eigenvalue weighted by atomic mass is 16.2. The summed E-state index contributed by atoms with van der Waals surface area (Å²) in [5, 5.41) is 0. The number of benzene rings is 1. The molecule has 3 nitrogen and oxygen atoms in total. The van der Waals surface area contributed by atoms with Crippen LogP contribution in [-0.4, -0.2) is 23.4 Å². The first kappa shape index (κ1) is 15.3. The molecular formula is C16H22N2O. The molecule has 1 aromatic rings. The van der Waals surface area contributed by atoms with Crippen LogP contribution in [0.25, 0.3) is 0 Å². The van der Waals surface area contributed by atoms with Gasteiger partial charge in [-0.1, -0.05) is 36.8 Å². The molecule has 1 rings (SSSR count). The van der Waals surface area contributed by atoms with Crippen LogP contribution in [0.2, 0.25) is 0 Å². The van der Waals surface area contributed by atoms with Crippen LogP contribution >= 0.6 is 0 Å². The lowest BCUT2D eigenvalue weighted by atomic mass is 10.1. The van der Waals surface area contributed by atoms with E-state index in [0.717, 1.165) is 12.0 Å². The third kappa shape index (κ3) is 4.76. The summed E-state index contributed by atoms with van der Waals surface area (Å²) in [6.07, 6.45) is 6.40. The van der Waals surface area contributed by atoms with Crippen molar-refractivity contribution in [2.75, 3.05) is 6.54 Å². The van der Waals surface area contributed by atoms with Crippen LogP contribution in [0.3, 0.4) is 0 Å². The predicted molar refractivity (Wildman–Crippen MR) is 78.3 cm³/mol. The average molecular weight is 258 g/mol. The number of hydrogen-bond donors (Lipinski definition) is 1. The molecule has 0 saturated heterocycles. The van der Waals surface area contributed by atoms with Crippen LogP contribution in [0.15, 0.2) is 24.3 Å². The zero-order valence-electron chi connectivity index (χ0n) is 11.7. The normalized spacial score (nSPS) is 11.7. The van der Waals surface area contributed by atoms with Gasteiger partial charge < -0.3 is 10.6 Å². The molecule has 1 aromatic carbocycles. The molecule has 0 aliphatic carbocycles. The zero-order valence-corrected chi connectivity index (χ0v) is 11.7. The van der Waals surface area contributed by atoms with E-state index >= 15 is 0 Å². The van der Waals surface area contributed by atoms with Crippen molar-refractivity contribution in [3.8, 4) is 12.3 Å². The van der Waals surface area contributed by atoms with E-state index in [4.69, 9.17) is 12.2 Å². The summed E-state index contributed by atoms with van der Waals surface area (Å²) in [5.41, 5.74) is 8.12.